The van der Waals surface area contributed by atoms with E-state index in [1.807, 2.05) is 6.07 Å². The molecule has 2 heterocycles. The molecule has 48 heavy (non-hydrogen) atoms. The molecule has 0 fully saturated rings. The molecule has 0 unspecified atom stereocenters. The molecule has 0 radical (unpaired) electrons. The van der Waals surface area contributed by atoms with Gasteiger partial charge in [0.05, 0.1) is 16.7 Å². The lowest BCUT2D eigenvalue weighted by atomic mass is 10.0. The Balaban J connectivity index is 1.09. The van der Waals surface area contributed by atoms with Gasteiger partial charge in [-0.15, -0.1) is 0 Å². The number of hydrogen-bond donors (Lipinski definition) is 0. The second-order valence-corrected chi connectivity index (χ2v) is 11.9. The highest BCUT2D eigenvalue weighted by Crippen LogP contribution is 2.40. The van der Waals surface area contributed by atoms with Crippen molar-refractivity contribution >= 4 is 49.6 Å². The number of fused-ring (bicyclic) bond motifs is 4. The summed E-state index contributed by atoms with van der Waals surface area (Å²) in [7, 11) is 0. The van der Waals surface area contributed by atoms with Gasteiger partial charge in [-0.05, 0) is 89.3 Å². The summed E-state index contributed by atoms with van der Waals surface area (Å²) in [4.78, 5) is 11.2. The van der Waals surface area contributed by atoms with Gasteiger partial charge in [-0.2, -0.15) is 0 Å². The molecule has 2 aromatic heterocycles. The molecule has 0 amide bonds. The molecule has 0 saturated heterocycles. The van der Waals surface area contributed by atoms with E-state index < -0.39 is 0 Å². The zero-order chi connectivity index (χ0) is 31.9. The van der Waals surface area contributed by atoms with Crippen molar-refractivity contribution in [3.63, 3.8) is 0 Å². The number of rotatable bonds is 6. The molecule has 226 valence electrons. The predicted octanol–water partition coefficient (Wildman–Crippen LogP) is 11.5. The lowest BCUT2D eigenvalue weighted by Gasteiger charge is -2.27. The first-order valence-corrected chi connectivity index (χ1v) is 16.2. The maximum atomic E-state index is 4.44. The zero-order valence-corrected chi connectivity index (χ0v) is 26.1. The van der Waals surface area contributed by atoms with Gasteiger partial charge >= 0.3 is 0 Å². The van der Waals surface area contributed by atoms with Gasteiger partial charge in [-0.25, -0.2) is 9.97 Å². The van der Waals surface area contributed by atoms with Crippen LogP contribution in [0.1, 0.15) is 0 Å². The first kappa shape index (κ1) is 27.8. The van der Waals surface area contributed by atoms with Crippen LogP contribution in [-0.2, 0) is 0 Å². The third-order valence-corrected chi connectivity index (χ3v) is 9.12. The zero-order valence-electron chi connectivity index (χ0n) is 26.1. The standard InChI is InChI=1S/C44H30N4/c1-2-11-38-33(9-1)10-7-16-41(38)47(36-27-21-34(22-28-36)44-45-29-8-30-46-44)35-23-17-31(18-24-35)32-19-25-37(26-20-32)48-42-14-5-3-12-39(42)40-13-4-6-15-43(40)48/h1-30H. The molecule has 0 aliphatic heterocycles. The number of benzene rings is 7. The van der Waals surface area contributed by atoms with Crippen LogP contribution in [0, 0.1) is 0 Å². The van der Waals surface area contributed by atoms with Crippen molar-refractivity contribution in [1.82, 2.24) is 14.5 Å². The molecular weight excluding hydrogens is 585 g/mol. The van der Waals surface area contributed by atoms with E-state index in [4.69, 9.17) is 0 Å². The monoisotopic (exact) mass is 614 g/mol. The summed E-state index contributed by atoms with van der Waals surface area (Å²) in [6, 6.07) is 60.4. The second kappa shape index (κ2) is 11.7. The number of anilines is 3. The van der Waals surface area contributed by atoms with Crippen molar-refractivity contribution in [2.75, 3.05) is 4.90 Å². The van der Waals surface area contributed by atoms with Crippen LogP contribution >= 0.6 is 0 Å². The number of hydrogen-bond acceptors (Lipinski definition) is 3. The number of para-hydroxylation sites is 2. The number of nitrogens with zero attached hydrogens (tertiary/aromatic N) is 4. The van der Waals surface area contributed by atoms with Crippen LogP contribution in [0.3, 0.4) is 0 Å². The summed E-state index contributed by atoms with van der Waals surface area (Å²) in [5, 5.41) is 4.94. The summed E-state index contributed by atoms with van der Waals surface area (Å²) in [6.45, 7) is 0. The van der Waals surface area contributed by atoms with Crippen molar-refractivity contribution < 1.29 is 0 Å². The van der Waals surface area contributed by atoms with E-state index in [1.54, 1.807) is 12.4 Å². The molecule has 0 saturated carbocycles. The molecule has 0 aliphatic carbocycles. The maximum Gasteiger partial charge on any atom is 0.159 e. The fourth-order valence-electron chi connectivity index (χ4n) is 6.84. The highest BCUT2D eigenvalue weighted by Gasteiger charge is 2.16. The lowest BCUT2D eigenvalue weighted by Crippen LogP contribution is -2.10. The Labute approximate surface area is 278 Å². The summed E-state index contributed by atoms with van der Waals surface area (Å²) < 4.78 is 2.36. The van der Waals surface area contributed by atoms with Crippen LogP contribution in [-0.4, -0.2) is 14.5 Å². The molecule has 0 atom stereocenters. The van der Waals surface area contributed by atoms with Crippen LogP contribution in [0.5, 0.6) is 0 Å². The molecule has 7 aromatic carbocycles. The minimum absolute atomic E-state index is 0.717. The van der Waals surface area contributed by atoms with Gasteiger partial charge in [0.2, 0.25) is 0 Å². The van der Waals surface area contributed by atoms with Crippen LogP contribution in [0.25, 0.3) is 60.8 Å². The third-order valence-electron chi connectivity index (χ3n) is 9.12. The SMILES string of the molecule is c1cnc(-c2ccc(N(c3ccc(-c4ccc(-n5c6ccccc6c6ccccc65)cc4)cc3)c3cccc4ccccc34)cc2)nc1. The number of aromatic nitrogens is 3. The van der Waals surface area contributed by atoms with Crippen molar-refractivity contribution in [1.29, 1.82) is 0 Å². The van der Waals surface area contributed by atoms with Gasteiger partial charge in [0.25, 0.3) is 0 Å². The molecule has 4 heteroatoms. The van der Waals surface area contributed by atoms with Crippen LogP contribution in [0.15, 0.2) is 182 Å². The minimum Gasteiger partial charge on any atom is -0.310 e. The molecule has 0 N–H and O–H groups in total. The van der Waals surface area contributed by atoms with Crippen molar-refractivity contribution in [2.24, 2.45) is 0 Å². The van der Waals surface area contributed by atoms with E-state index >= 15 is 0 Å². The summed E-state index contributed by atoms with van der Waals surface area (Å²) in [5.41, 5.74) is 10.2. The summed E-state index contributed by atoms with van der Waals surface area (Å²) >= 11 is 0. The Bertz CT molecular complexity index is 2470. The van der Waals surface area contributed by atoms with Gasteiger partial charge < -0.3 is 9.47 Å². The van der Waals surface area contributed by atoms with E-state index in [0.29, 0.717) is 5.82 Å². The van der Waals surface area contributed by atoms with Crippen molar-refractivity contribution in [3.8, 4) is 28.2 Å². The molecule has 4 nitrogen and oxygen atoms in total. The molecule has 0 aliphatic rings. The van der Waals surface area contributed by atoms with Crippen LogP contribution in [0.4, 0.5) is 17.1 Å². The highest BCUT2D eigenvalue weighted by molar-refractivity contribution is 6.09. The first-order chi connectivity index (χ1) is 23.8. The van der Waals surface area contributed by atoms with Crippen molar-refractivity contribution in [3.05, 3.63) is 182 Å². The maximum absolute atomic E-state index is 4.44. The fourth-order valence-corrected chi connectivity index (χ4v) is 6.84. The van der Waals surface area contributed by atoms with Gasteiger partial charge in [0.15, 0.2) is 5.82 Å². The van der Waals surface area contributed by atoms with Crippen LogP contribution in [0.2, 0.25) is 0 Å². The molecule has 0 bridgehead atoms. The van der Waals surface area contributed by atoms with E-state index in [9.17, 15) is 0 Å². The van der Waals surface area contributed by atoms with Gasteiger partial charge in [-0.3, -0.25) is 0 Å². The molecule has 0 spiro atoms. The Morgan fingerprint density at radius 3 is 1.52 bits per heavy atom. The highest BCUT2D eigenvalue weighted by atomic mass is 15.1. The predicted molar refractivity (Wildman–Crippen MR) is 199 cm³/mol. The largest absolute Gasteiger partial charge is 0.310 e. The average Bonchev–Trinajstić information content (AvgIpc) is 3.50. The topological polar surface area (TPSA) is 34.0 Å². The van der Waals surface area contributed by atoms with Gasteiger partial charge in [-0.1, -0.05) is 97.1 Å². The minimum atomic E-state index is 0.717. The lowest BCUT2D eigenvalue weighted by molar-refractivity contribution is 1.17. The van der Waals surface area contributed by atoms with E-state index in [-0.39, 0.29) is 0 Å². The molecular formula is C44H30N4. The van der Waals surface area contributed by atoms with E-state index in [1.165, 1.54) is 43.7 Å². The second-order valence-electron chi connectivity index (χ2n) is 11.9. The Morgan fingerprint density at radius 1 is 0.396 bits per heavy atom. The Hall–Kier alpha value is -6.52. The van der Waals surface area contributed by atoms with E-state index in [0.717, 1.165) is 28.3 Å². The van der Waals surface area contributed by atoms with Crippen LogP contribution < -0.4 is 4.90 Å². The first-order valence-electron chi connectivity index (χ1n) is 16.2. The summed E-state index contributed by atoms with van der Waals surface area (Å²) in [5.74, 6) is 0.717. The average molecular weight is 615 g/mol. The third kappa shape index (κ3) is 4.79. The van der Waals surface area contributed by atoms with E-state index in [2.05, 4.69) is 183 Å². The molecule has 9 aromatic rings. The van der Waals surface area contributed by atoms with Crippen molar-refractivity contribution in [2.45, 2.75) is 0 Å². The Morgan fingerprint density at radius 2 is 0.896 bits per heavy atom. The quantitative estimate of drug-likeness (QED) is 0.187. The van der Waals surface area contributed by atoms with Gasteiger partial charge in [0.1, 0.15) is 0 Å². The smallest absolute Gasteiger partial charge is 0.159 e. The Kier molecular flexibility index (Phi) is 6.76. The summed E-state index contributed by atoms with van der Waals surface area (Å²) in [6.07, 6.45) is 3.55. The fraction of sp³-hybridized carbons (Fsp3) is 0. The molecule has 9 rings (SSSR count). The van der Waals surface area contributed by atoms with Gasteiger partial charge in [0, 0.05) is 51.2 Å². The normalized spacial score (nSPS) is 11.3.